The van der Waals surface area contributed by atoms with Gasteiger partial charge in [0.2, 0.25) is 0 Å². The number of benzene rings is 3. The van der Waals surface area contributed by atoms with Crippen LogP contribution >= 0.6 is 0 Å². The van der Waals surface area contributed by atoms with E-state index >= 15 is 0 Å². The fourth-order valence-corrected chi connectivity index (χ4v) is 5.63. The zero-order valence-corrected chi connectivity index (χ0v) is 23.6. The minimum Gasteiger partial charge on any atom is -0.493 e. The lowest BCUT2D eigenvalue weighted by Gasteiger charge is -2.18. The predicted molar refractivity (Wildman–Crippen MR) is 162 cm³/mol. The molecule has 0 bridgehead atoms. The molecule has 0 amide bonds. The van der Waals surface area contributed by atoms with Gasteiger partial charge in [0.1, 0.15) is 18.1 Å². The van der Waals surface area contributed by atoms with Gasteiger partial charge < -0.3 is 14.6 Å². The first kappa shape index (κ1) is 27.5. The topological polar surface area (TPSA) is 86.5 Å². The highest BCUT2D eigenvalue weighted by Gasteiger charge is 2.20. The summed E-state index contributed by atoms with van der Waals surface area (Å²) in [6, 6.07) is 27.7. The van der Waals surface area contributed by atoms with Crippen molar-refractivity contribution in [3.8, 4) is 11.5 Å². The standard InChI is InChI=1S/C35H35N3O4/c39-35(40)22-30(20-25-10-14-31(15-11-25)42-24-26-6-2-1-3-7-26)38-34-17-16-32(21-28(34)23-36-38)41-19-18-29-13-12-27-8-4-5-9-33(27)37-29/h1-3,6-7,10-17,21,23,30H,4-5,8-9,18-20,22,24H2,(H,39,40). The van der Waals surface area contributed by atoms with Crippen LogP contribution in [-0.2, 0) is 37.1 Å². The molecule has 0 saturated carbocycles. The van der Waals surface area contributed by atoms with E-state index in [1.165, 1.54) is 24.1 Å². The summed E-state index contributed by atoms with van der Waals surface area (Å²) >= 11 is 0. The van der Waals surface area contributed by atoms with Crippen LogP contribution in [0.25, 0.3) is 10.9 Å². The van der Waals surface area contributed by atoms with Gasteiger partial charge in [-0.3, -0.25) is 14.5 Å². The van der Waals surface area contributed by atoms with Gasteiger partial charge in [0.25, 0.3) is 0 Å². The summed E-state index contributed by atoms with van der Waals surface area (Å²) in [4.78, 5) is 16.6. The Kier molecular flexibility index (Phi) is 8.45. The smallest absolute Gasteiger partial charge is 0.305 e. The maximum atomic E-state index is 11.8. The molecule has 1 aliphatic carbocycles. The van der Waals surface area contributed by atoms with Crippen molar-refractivity contribution >= 4 is 16.9 Å². The Labute approximate surface area is 245 Å². The van der Waals surface area contributed by atoms with E-state index in [1.54, 1.807) is 6.20 Å². The van der Waals surface area contributed by atoms with Gasteiger partial charge in [0.15, 0.2) is 0 Å². The molecule has 0 radical (unpaired) electrons. The molecular weight excluding hydrogens is 526 g/mol. The van der Waals surface area contributed by atoms with Crippen molar-refractivity contribution in [3.05, 3.63) is 119 Å². The first-order valence-electron chi connectivity index (χ1n) is 14.7. The molecule has 214 valence electrons. The highest BCUT2D eigenvalue weighted by molar-refractivity contribution is 5.80. The highest BCUT2D eigenvalue weighted by atomic mass is 16.5. The van der Waals surface area contributed by atoms with E-state index in [2.05, 4.69) is 17.2 Å². The third kappa shape index (κ3) is 6.79. The monoisotopic (exact) mass is 561 g/mol. The third-order valence-electron chi connectivity index (χ3n) is 7.83. The first-order valence-corrected chi connectivity index (χ1v) is 14.7. The van der Waals surface area contributed by atoms with Crippen LogP contribution in [0.5, 0.6) is 11.5 Å². The van der Waals surface area contributed by atoms with Crippen LogP contribution in [0.3, 0.4) is 0 Å². The number of aromatic nitrogens is 3. The third-order valence-corrected chi connectivity index (χ3v) is 7.83. The van der Waals surface area contributed by atoms with Gasteiger partial charge in [-0.1, -0.05) is 48.5 Å². The van der Waals surface area contributed by atoms with Gasteiger partial charge >= 0.3 is 5.97 Å². The number of hydrogen-bond acceptors (Lipinski definition) is 5. The lowest BCUT2D eigenvalue weighted by atomic mass is 9.96. The average Bonchev–Trinajstić information content (AvgIpc) is 3.44. The van der Waals surface area contributed by atoms with Crippen molar-refractivity contribution in [1.82, 2.24) is 14.8 Å². The number of pyridine rings is 1. The number of nitrogens with zero attached hydrogens (tertiary/aromatic N) is 3. The zero-order valence-electron chi connectivity index (χ0n) is 23.6. The second-order valence-corrected chi connectivity index (χ2v) is 10.9. The largest absolute Gasteiger partial charge is 0.493 e. The van der Waals surface area contributed by atoms with Gasteiger partial charge in [-0.2, -0.15) is 5.10 Å². The van der Waals surface area contributed by atoms with Gasteiger partial charge in [0, 0.05) is 23.2 Å². The summed E-state index contributed by atoms with van der Waals surface area (Å²) in [6.45, 7) is 1.04. The molecule has 5 aromatic rings. The fourth-order valence-electron chi connectivity index (χ4n) is 5.63. The van der Waals surface area contributed by atoms with Crippen molar-refractivity contribution in [1.29, 1.82) is 0 Å². The summed E-state index contributed by atoms with van der Waals surface area (Å²) in [7, 11) is 0. The Hall–Kier alpha value is -4.65. The molecule has 42 heavy (non-hydrogen) atoms. The van der Waals surface area contributed by atoms with Gasteiger partial charge in [0.05, 0.1) is 30.8 Å². The Morgan fingerprint density at radius 2 is 1.69 bits per heavy atom. The molecule has 0 spiro atoms. The second-order valence-electron chi connectivity index (χ2n) is 10.9. The second kappa shape index (κ2) is 12.9. The predicted octanol–water partition coefficient (Wildman–Crippen LogP) is 6.77. The normalized spacial score (nSPS) is 13.4. The van der Waals surface area contributed by atoms with E-state index < -0.39 is 5.97 Å². The average molecular weight is 562 g/mol. The summed E-state index contributed by atoms with van der Waals surface area (Å²) in [6.07, 6.45) is 7.72. The number of aliphatic carboxylic acids is 1. The quantitative estimate of drug-likeness (QED) is 0.181. The Balaban J connectivity index is 1.09. The molecule has 1 unspecified atom stereocenters. The minimum absolute atomic E-state index is 0.0327. The Morgan fingerprint density at radius 1 is 0.881 bits per heavy atom. The van der Waals surface area contributed by atoms with Crippen LogP contribution in [0.2, 0.25) is 0 Å². The number of carboxylic acids is 1. The molecule has 1 atom stereocenters. The Morgan fingerprint density at radius 3 is 2.52 bits per heavy atom. The van der Waals surface area contributed by atoms with Crippen LogP contribution in [0, 0.1) is 0 Å². The van der Waals surface area contributed by atoms with Crippen molar-refractivity contribution in [3.63, 3.8) is 0 Å². The SMILES string of the molecule is O=C(O)CC(Cc1ccc(OCc2ccccc2)cc1)n1ncc2cc(OCCc3ccc4c(n3)CCCC4)ccc21. The fraction of sp³-hybridized carbons (Fsp3) is 0.286. The van der Waals surface area contributed by atoms with Gasteiger partial charge in [-0.05, 0) is 85.2 Å². The number of hydrogen-bond donors (Lipinski definition) is 1. The van der Waals surface area contributed by atoms with Crippen LogP contribution in [0.4, 0.5) is 0 Å². The number of aryl methyl sites for hydroxylation is 2. The molecule has 2 aromatic heterocycles. The molecule has 2 heterocycles. The van der Waals surface area contributed by atoms with E-state index in [4.69, 9.17) is 14.5 Å². The maximum absolute atomic E-state index is 11.8. The van der Waals surface area contributed by atoms with Crippen molar-refractivity contribution in [2.24, 2.45) is 0 Å². The Bertz CT molecular complexity index is 1650. The van der Waals surface area contributed by atoms with Crippen LogP contribution in [0.1, 0.15) is 53.4 Å². The lowest BCUT2D eigenvalue weighted by Crippen LogP contribution is -2.17. The van der Waals surface area contributed by atoms with Gasteiger partial charge in [-0.15, -0.1) is 0 Å². The van der Waals surface area contributed by atoms with Crippen LogP contribution < -0.4 is 9.47 Å². The molecule has 7 heteroatoms. The van der Waals surface area contributed by atoms with Crippen molar-refractivity contribution in [2.45, 2.75) is 57.6 Å². The summed E-state index contributed by atoms with van der Waals surface area (Å²) in [5, 5.41) is 15.2. The van der Waals surface area contributed by atoms with Gasteiger partial charge in [-0.25, -0.2) is 0 Å². The van der Waals surface area contributed by atoms with Crippen LogP contribution in [-0.4, -0.2) is 32.4 Å². The number of rotatable bonds is 12. The molecule has 6 rings (SSSR count). The van der Waals surface area contributed by atoms with Crippen molar-refractivity contribution in [2.75, 3.05) is 6.61 Å². The van der Waals surface area contributed by atoms with Crippen LogP contribution in [0.15, 0.2) is 91.1 Å². The molecule has 1 N–H and O–H groups in total. The number of carbonyl (C=O) groups is 1. The molecular formula is C35H35N3O4. The first-order chi connectivity index (χ1) is 20.6. The highest BCUT2D eigenvalue weighted by Crippen LogP contribution is 2.28. The molecule has 1 aliphatic rings. The molecule has 3 aromatic carbocycles. The van der Waals surface area contributed by atoms with E-state index in [1.807, 2.05) is 77.5 Å². The molecule has 0 fully saturated rings. The van der Waals surface area contributed by atoms with E-state index in [0.717, 1.165) is 58.5 Å². The zero-order chi connectivity index (χ0) is 28.7. The lowest BCUT2D eigenvalue weighted by molar-refractivity contribution is -0.137. The van der Waals surface area contributed by atoms with Crippen molar-refractivity contribution < 1.29 is 19.4 Å². The number of carboxylic acid groups (broad SMARTS) is 1. The molecule has 0 saturated heterocycles. The summed E-state index contributed by atoms with van der Waals surface area (Å²) in [5.74, 6) is 0.681. The summed E-state index contributed by atoms with van der Waals surface area (Å²) in [5.41, 5.74) is 6.71. The minimum atomic E-state index is -0.859. The molecule has 7 nitrogen and oxygen atoms in total. The van der Waals surface area contributed by atoms with E-state index in [9.17, 15) is 9.90 Å². The summed E-state index contributed by atoms with van der Waals surface area (Å²) < 4.78 is 13.8. The number of ether oxygens (including phenoxy) is 2. The maximum Gasteiger partial charge on any atom is 0.305 e. The number of fused-ring (bicyclic) bond motifs is 2. The van der Waals surface area contributed by atoms with E-state index in [-0.39, 0.29) is 12.5 Å². The molecule has 0 aliphatic heterocycles. The van der Waals surface area contributed by atoms with E-state index in [0.29, 0.717) is 19.6 Å².